The minimum atomic E-state index is 0. The van der Waals surface area contributed by atoms with Crippen molar-refractivity contribution in [2.24, 2.45) is 10.9 Å². The molecule has 0 spiro atoms. The van der Waals surface area contributed by atoms with Crippen LogP contribution in [0.5, 0.6) is 0 Å². The lowest BCUT2D eigenvalue weighted by molar-refractivity contribution is 0.739. The standard InChI is InChI=1S/C12H19N3S.HI/c1-2-13-12(14-7-10-3-4-10)15-8-11-5-6-16-9-11;/h5-6,9-10H,2-4,7-8H2,1H3,(H2,13,14,15);1H. The Balaban J connectivity index is 0.00000144. The Bertz CT molecular complexity index is 334. The molecule has 2 rings (SSSR count). The van der Waals surface area contributed by atoms with Gasteiger partial charge in [-0.3, -0.25) is 0 Å². The van der Waals surface area contributed by atoms with Crippen molar-refractivity contribution in [3.63, 3.8) is 0 Å². The number of hydrogen-bond acceptors (Lipinski definition) is 2. The van der Waals surface area contributed by atoms with Crippen LogP contribution in [0.4, 0.5) is 0 Å². The Morgan fingerprint density at radius 2 is 2.29 bits per heavy atom. The molecule has 2 N–H and O–H groups in total. The molecule has 1 saturated carbocycles. The molecule has 0 unspecified atom stereocenters. The number of nitrogens with one attached hydrogen (secondary N) is 2. The van der Waals surface area contributed by atoms with Crippen LogP contribution in [-0.4, -0.2) is 19.0 Å². The van der Waals surface area contributed by atoms with Crippen LogP contribution in [0.1, 0.15) is 25.3 Å². The fourth-order valence-corrected chi connectivity index (χ4v) is 2.12. The minimum Gasteiger partial charge on any atom is -0.357 e. The number of rotatable bonds is 5. The Hall–Kier alpha value is -0.300. The van der Waals surface area contributed by atoms with E-state index < -0.39 is 0 Å². The molecule has 0 amide bonds. The zero-order chi connectivity index (χ0) is 11.2. The van der Waals surface area contributed by atoms with Gasteiger partial charge in [0.2, 0.25) is 0 Å². The van der Waals surface area contributed by atoms with E-state index in [-0.39, 0.29) is 24.0 Å². The Morgan fingerprint density at radius 1 is 1.47 bits per heavy atom. The van der Waals surface area contributed by atoms with Crippen LogP contribution < -0.4 is 10.6 Å². The second-order valence-corrected chi connectivity index (χ2v) is 4.93. The lowest BCUT2D eigenvalue weighted by Gasteiger charge is -2.10. The van der Waals surface area contributed by atoms with Gasteiger partial charge in [-0.2, -0.15) is 11.3 Å². The first-order chi connectivity index (χ1) is 7.88. The molecule has 0 radical (unpaired) electrons. The third-order valence-corrected chi connectivity index (χ3v) is 3.33. The summed E-state index contributed by atoms with van der Waals surface area (Å²) in [5, 5.41) is 10.9. The highest BCUT2D eigenvalue weighted by Gasteiger charge is 2.20. The van der Waals surface area contributed by atoms with Crippen molar-refractivity contribution >= 4 is 41.3 Å². The SMILES string of the molecule is CCNC(=NCc1ccsc1)NCC1CC1.I. The van der Waals surface area contributed by atoms with E-state index in [2.05, 4.69) is 39.4 Å². The summed E-state index contributed by atoms with van der Waals surface area (Å²) in [6, 6.07) is 2.12. The second-order valence-electron chi connectivity index (χ2n) is 4.15. The number of hydrogen-bond donors (Lipinski definition) is 2. The molecule has 0 aliphatic heterocycles. The van der Waals surface area contributed by atoms with E-state index in [9.17, 15) is 0 Å². The van der Waals surface area contributed by atoms with Crippen LogP contribution in [0.2, 0.25) is 0 Å². The first kappa shape index (κ1) is 14.8. The van der Waals surface area contributed by atoms with E-state index in [1.165, 1.54) is 18.4 Å². The van der Waals surface area contributed by atoms with Gasteiger partial charge < -0.3 is 10.6 Å². The number of thiophene rings is 1. The molecule has 1 heterocycles. The maximum Gasteiger partial charge on any atom is 0.191 e. The smallest absolute Gasteiger partial charge is 0.191 e. The number of nitrogens with zero attached hydrogens (tertiary/aromatic N) is 1. The normalized spacial score (nSPS) is 15.2. The predicted molar refractivity (Wildman–Crippen MR) is 85.3 cm³/mol. The highest BCUT2D eigenvalue weighted by Crippen LogP contribution is 2.27. The van der Waals surface area contributed by atoms with E-state index in [1.807, 2.05) is 0 Å². The van der Waals surface area contributed by atoms with Crippen molar-refractivity contribution in [1.82, 2.24) is 10.6 Å². The van der Waals surface area contributed by atoms with Gasteiger partial charge in [0.05, 0.1) is 6.54 Å². The van der Waals surface area contributed by atoms with Crippen molar-refractivity contribution < 1.29 is 0 Å². The van der Waals surface area contributed by atoms with Gasteiger partial charge in [-0.1, -0.05) is 0 Å². The molecular weight excluding hydrogens is 345 g/mol. The van der Waals surface area contributed by atoms with Crippen molar-refractivity contribution in [3.05, 3.63) is 22.4 Å². The van der Waals surface area contributed by atoms with Crippen molar-refractivity contribution in [3.8, 4) is 0 Å². The lowest BCUT2D eigenvalue weighted by atomic mass is 10.3. The van der Waals surface area contributed by atoms with Gasteiger partial charge in [0.25, 0.3) is 0 Å². The highest BCUT2D eigenvalue weighted by molar-refractivity contribution is 14.0. The molecule has 17 heavy (non-hydrogen) atoms. The quantitative estimate of drug-likeness (QED) is 0.478. The molecule has 1 fully saturated rings. The molecule has 0 aromatic carbocycles. The first-order valence-electron chi connectivity index (χ1n) is 5.91. The second kappa shape index (κ2) is 7.92. The predicted octanol–water partition coefficient (Wildman–Crippen LogP) is 2.83. The summed E-state index contributed by atoms with van der Waals surface area (Å²) in [4.78, 5) is 4.56. The fraction of sp³-hybridized carbons (Fsp3) is 0.583. The third kappa shape index (κ3) is 5.72. The zero-order valence-electron chi connectivity index (χ0n) is 10.1. The summed E-state index contributed by atoms with van der Waals surface area (Å²) < 4.78 is 0. The van der Waals surface area contributed by atoms with Gasteiger partial charge in [0.15, 0.2) is 5.96 Å². The number of guanidine groups is 1. The van der Waals surface area contributed by atoms with Crippen molar-refractivity contribution in [1.29, 1.82) is 0 Å². The zero-order valence-corrected chi connectivity index (χ0v) is 13.3. The average molecular weight is 365 g/mol. The Labute approximate surface area is 124 Å². The summed E-state index contributed by atoms with van der Waals surface area (Å²) in [5.41, 5.74) is 1.29. The molecule has 1 aromatic rings. The van der Waals surface area contributed by atoms with Gasteiger partial charge >= 0.3 is 0 Å². The molecule has 5 heteroatoms. The Morgan fingerprint density at radius 3 is 2.88 bits per heavy atom. The topological polar surface area (TPSA) is 36.4 Å². The van der Waals surface area contributed by atoms with Gasteiger partial charge in [-0.25, -0.2) is 4.99 Å². The molecule has 0 atom stereocenters. The van der Waals surface area contributed by atoms with Crippen LogP contribution >= 0.6 is 35.3 Å². The van der Waals surface area contributed by atoms with Crippen LogP contribution in [0.15, 0.2) is 21.8 Å². The number of aliphatic imine (C=N–C) groups is 1. The molecular formula is C12H20IN3S. The molecule has 1 aromatic heterocycles. The van der Waals surface area contributed by atoms with Crippen LogP contribution in [0.3, 0.4) is 0 Å². The van der Waals surface area contributed by atoms with Gasteiger partial charge in [-0.05, 0) is 48.1 Å². The molecule has 0 bridgehead atoms. The van der Waals surface area contributed by atoms with Crippen molar-refractivity contribution in [2.75, 3.05) is 13.1 Å². The lowest BCUT2D eigenvalue weighted by Crippen LogP contribution is -2.38. The van der Waals surface area contributed by atoms with E-state index in [1.54, 1.807) is 11.3 Å². The monoisotopic (exact) mass is 365 g/mol. The van der Waals surface area contributed by atoms with Gasteiger partial charge in [-0.15, -0.1) is 24.0 Å². The van der Waals surface area contributed by atoms with Crippen LogP contribution in [0, 0.1) is 5.92 Å². The van der Waals surface area contributed by atoms with E-state index in [0.717, 1.165) is 31.5 Å². The minimum absolute atomic E-state index is 0. The molecule has 1 aliphatic carbocycles. The van der Waals surface area contributed by atoms with Crippen LogP contribution in [-0.2, 0) is 6.54 Å². The van der Waals surface area contributed by atoms with Crippen LogP contribution in [0.25, 0.3) is 0 Å². The third-order valence-electron chi connectivity index (χ3n) is 2.60. The number of halogens is 1. The van der Waals surface area contributed by atoms with Gasteiger partial charge in [0.1, 0.15) is 0 Å². The van der Waals surface area contributed by atoms with E-state index >= 15 is 0 Å². The van der Waals surface area contributed by atoms with Gasteiger partial charge in [0, 0.05) is 13.1 Å². The maximum absolute atomic E-state index is 4.56. The van der Waals surface area contributed by atoms with E-state index in [4.69, 9.17) is 0 Å². The molecule has 3 nitrogen and oxygen atoms in total. The molecule has 0 saturated heterocycles. The Kier molecular flexibility index (Phi) is 6.87. The largest absolute Gasteiger partial charge is 0.357 e. The molecule has 96 valence electrons. The highest BCUT2D eigenvalue weighted by atomic mass is 127. The summed E-state index contributed by atoms with van der Waals surface area (Å²) in [6.07, 6.45) is 2.74. The molecule has 1 aliphatic rings. The average Bonchev–Trinajstić information content (AvgIpc) is 2.97. The summed E-state index contributed by atoms with van der Waals surface area (Å²) in [5.74, 6) is 1.82. The fourth-order valence-electron chi connectivity index (χ4n) is 1.46. The summed E-state index contributed by atoms with van der Waals surface area (Å²) in [6.45, 7) is 4.85. The summed E-state index contributed by atoms with van der Waals surface area (Å²) >= 11 is 1.72. The first-order valence-corrected chi connectivity index (χ1v) is 6.86. The van der Waals surface area contributed by atoms with Crippen molar-refractivity contribution in [2.45, 2.75) is 26.3 Å². The summed E-state index contributed by atoms with van der Waals surface area (Å²) in [7, 11) is 0. The maximum atomic E-state index is 4.56. The van der Waals surface area contributed by atoms with E-state index in [0.29, 0.717) is 0 Å².